The van der Waals surface area contributed by atoms with Gasteiger partial charge in [0.2, 0.25) is 0 Å². The van der Waals surface area contributed by atoms with E-state index in [4.69, 9.17) is 4.43 Å². The van der Waals surface area contributed by atoms with Crippen LogP contribution in [-0.4, -0.2) is 20.2 Å². The lowest BCUT2D eigenvalue weighted by atomic mass is 9.44. The van der Waals surface area contributed by atoms with Gasteiger partial charge in [0.25, 0.3) is 0 Å². The SMILES string of the molecule is CC(=O)[C@H]1CC[C@H]2[C@@H]3CC[C@H]4C[C@H](O[Si](C)(C)C(C)(C)C)CC[C@]4(C)[C@H]3CC[C@]12C. The predicted octanol–water partition coefficient (Wildman–Crippen LogP) is 7.62. The number of carbonyl (C=O) groups is 1. The van der Waals surface area contributed by atoms with Crippen molar-refractivity contribution in [2.75, 3.05) is 0 Å². The van der Waals surface area contributed by atoms with Gasteiger partial charge in [-0.15, -0.1) is 0 Å². The Labute approximate surface area is 187 Å². The molecule has 0 aromatic heterocycles. The first kappa shape index (κ1) is 23.0. The summed E-state index contributed by atoms with van der Waals surface area (Å²) in [7, 11) is -1.69. The van der Waals surface area contributed by atoms with Crippen LogP contribution in [-0.2, 0) is 9.22 Å². The van der Waals surface area contributed by atoms with Crippen LogP contribution in [0.25, 0.3) is 0 Å². The number of rotatable bonds is 3. The molecule has 2 nitrogen and oxygen atoms in total. The molecule has 0 heterocycles. The maximum atomic E-state index is 12.4. The molecule has 0 spiro atoms. The fraction of sp³-hybridized carbons (Fsp3) is 0.963. The van der Waals surface area contributed by atoms with Crippen molar-refractivity contribution in [2.24, 2.45) is 40.4 Å². The van der Waals surface area contributed by atoms with E-state index in [0.717, 1.165) is 30.1 Å². The Hall–Kier alpha value is -0.153. The molecule has 4 fully saturated rings. The van der Waals surface area contributed by atoms with E-state index in [1.54, 1.807) is 0 Å². The van der Waals surface area contributed by atoms with Gasteiger partial charge in [-0.1, -0.05) is 34.6 Å². The van der Waals surface area contributed by atoms with Crippen molar-refractivity contribution in [3.8, 4) is 0 Å². The summed E-state index contributed by atoms with van der Waals surface area (Å²) in [5.74, 6) is 4.19. The Morgan fingerprint density at radius 1 is 0.900 bits per heavy atom. The lowest BCUT2D eigenvalue weighted by Gasteiger charge is -2.61. The average molecular weight is 433 g/mol. The minimum Gasteiger partial charge on any atom is -0.414 e. The second kappa shape index (κ2) is 7.44. The number of Topliss-reactive ketones (excluding diaryl/α,β-unsaturated/α-hetero) is 1. The van der Waals surface area contributed by atoms with Gasteiger partial charge >= 0.3 is 0 Å². The van der Waals surface area contributed by atoms with Gasteiger partial charge in [-0.2, -0.15) is 0 Å². The molecule has 172 valence electrons. The molecule has 0 unspecified atom stereocenters. The minimum atomic E-state index is -1.69. The molecule has 0 saturated heterocycles. The molecule has 8 atom stereocenters. The van der Waals surface area contributed by atoms with Gasteiger partial charge in [-0.05, 0) is 117 Å². The summed E-state index contributed by atoms with van der Waals surface area (Å²) in [6, 6.07) is 0. The summed E-state index contributed by atoms with van der Waals surface area (Å²) >= 11 is 0. The molecule has 3 heteroatoms. The second-order valence-corrected chi connectivity index (χ2v) is 18.5. The highest BCUT2D eigenvalue weighted by atomic mass is 28.4. The van der Waals surface area contributed by atoms with Crippen LogP contribution < -0.4 is 0 Å². The summed E-state index contributed by atoms with van der Waals surface area (Å²) in [5.41, 5.74) is 0.796. The highest BCUT2D eigenvalue weighted by Gasteiger charge is 2.61. The molecule has 4 saturated carbocycles. The molecule has 0 amide bonds. The van der Waals surface area contributed by atoms with Crippen LogP contribution in [0.5, 0.6) is 0 Å². The number of ketones is 1. The highest BCUT2D eigenvalue weighted by Crippen LogP contribution is 2.67. The zero-order valence-corrected chi connectivity index (χ0v) is 22.1. The third-order valence-corrected chi connectivity index (χ3v) is 15.9. The third kappa shape index (κ3) is 3.49. The molecular weight excluding hydrogens is 384 g/mol. The molecule has 30 heavy (non-hydrogen) atoms. The van der Waals surface area contributed by atoms with Crippen molar-refractivity contribution in [2.45, 2.75) is 124 Å². The monoisotopic (exact) mass is 432 g/mol. The summed E-state index contributed by atoms with van der Waals surface area (Å²) in [5, 5.41) is 0.301. The van der Waals surface area contributed by atoms with Crippen molar-refractivity contribution in [1.82, 2.24) is 0 Å². The van der Waals surface area contributed by atoms with E-state index in [2.05, 4.69) is 47.7 Å². The van der Waals surface area contributed by atoms with Crippen LogP contribution in [0.3, 0.4) is 0 Å². The lowest BCUT2D eigenvalue weighted by Crippen LogP contribution is -2.55. The van der Waals surface area contributed by atoms with E-state index in [1.807, 2.05) is 6.92 Å². The van der Waals surface area contributed by atoms with Gasteiger partial charge in [0, 0.05) is 12.0 Å². The van der Waals surface area contributed by atoms with Gasteiger partial charge in [0.15, 0.2) is 8.32 Å². The fourth-order valence-corrected chi connectivity index (χ4v) is 9.99. The minimum absolute atomic E-state index is 0.291. The van der Waals surface area contributed by atoms with Crippen LogP contribution in [0, 0.1) is 40.4 Å². The van der Waals surface area contributed by atoms with E-state index < -0.39 is 8.32 Å². The van der Waals surface area contributed by atoms with Crippen LogP contribution in [0.15, 0.2) is 0 Å². The Morgan fingerprint density at radius 2 is 1.53 bits per heavy atom. The Kier molecular flexibility index (Phi) is 5.71. The van der Waals surface area contributed by atoms with E-state index in [1.165, 1.54) is 51.4 Å². The third-order valence-electron chi connectivity index (χ3n) is 11.4. The molecule has 0 N–H and O–H groups in total. The molecule has 4 aliphatic carbocycles. The summed E-state index contributed by atoms with van der Waals surface area (Å²) in [4.78, 5) is 12.4. The molecule has 0 bridgehead atoms. The van der Waals surface area contributed by atoms with E-state index in [0.29, 0.717) is 33.7 Å². The number of hydrogen-bond acceptors (Lipinski definition) is 2. The van der Waals surface area contributed by atoms with Crippen molar-refractivity contribution < 1.29 is 9.22 Å². The largest absolute Gasteiger partial charge is 0.414 e. The predicted molar refractivity (Wildman–Crippen MR) is 128 cm³/mol. The van der Waals surface area contributed by atoms with Gasteiger partial charge in [0.1, 0.15) is 5.78 Å². The first-order valence-corrected chi connectivity index (χ1v) is 15.9. The number of fused-ring (bicyclic) bond motifs is 5. The smallest absolute Gasteiger partial charge is 0.192 e. The van der Waals surface area contributed by atoms with Gasteiger partial charge in [-0.25, -0.2) is 0 Å². The quantitative estimate of drug-likeness (QED) is 0.429. The lowest BCUT2D eigenvalue weighted by molar-refractivity contribution is -0.137. The zero-order valence-electron chi connectivity index (χ0n) is 21.1. The number of carbonyl (C=O) groups excluding carboxylic acids is 1. The van der Waals surface area contributed by atoms with Crippen LogP contribution in [0.2, 0.25) is 18.1 Å². The van der Waals surface area contributed by atoms with Gasteiger partial charge in [0.05, 0.1) is 0 Å². The summed E-state index contributed by atoms with van der Waals surface area (Å²) < 4.78 is 6.90. The van der Waals surface area contributed by atoms with E-state index >= 15 is 0 Å². The van der Waals surface area contributed by atoms with Crippen LogP contribution in [0.1, 0.15) is 99.3 Å². The maximum Gasteiger partial charge on any atom is 0.192 e. The van der Waals surface area contributed by atoms with Crippen molar-refractivity contribution in [3.05, 3.63) is 0 Å². The van der Waals surface area contributed by atoms with E-state index in [9.17, 15) is 4.79 Å². The zero-order chi connectivity index (χ0) is 22.1. The fourth-order valence-electron chi connectivity index (χ4n) is 8.59. The first-order chi connectivity index (χ1) is 13.8. The topological polar surface area (TPSA) is 26.3 Å². The van der Waals surface area contributed by atoms with Gasteiger partial charge in [-0.3, -0.25) is 4.79 Å². The number of hydrogen-bond donors (Lipinski definition) is 0. The van der Waals surface area contributed by atoms with Crippen molar-refractivity contribution >= 4 is 14.1 Å². The molecular formula is C27H48O2Si. The molecule has 4 aliphatic rings. The first-order valence-electron chi connectivity index (χ1n) is 13.0. The normalized spacial score (nSPS) is 46.7. The van der Waals surface area contributed by atoms with Crippen LogP contribution in [0.4, 0.5) is 0 Å². The molecule has 0 aromatic carbocycles. The average Bonchev–Trinajstić information content (AvgIpc) is 2.98. The Morgan fingerprint density at radius 3 is 2.17 bits per heavy atom. The van der Waals surface area contributed by atoms with Gasteiger partial charge < -0.3 is 4.43 Å². The Balaban J connectivity index is 1.48. The molecule has 0 aliphatic heterocycles. The molecule has 0 radical (unpaired) electrons. The van der Waals surface area contributed by atoms with E-state index in [-0.39, 0.29) is 0 Å². The Bertz CT molecular complexity index is 679. The molecule has 4 rings (SSSR count). The standard InChI is InChI=1S/C27H48O2Si/c1-18(28)22-11-12-23-21-10-9-19-17-20(29-30(7,8)25(2,3)4)13-15-26(19,5)24(21)14-16-27(22,23)6/h19-24H,9-17H2,1-8H3/t19-,20+,21-,22+,23-,24-,26-,27+/m0/s1. The molecule has 0 aromatic rings. The van der Waals surface area contributed by atoms with Crippen molar-refractivity contribution in [1.29, 1.82) is 0 Å². The summed E-state index contributed by atoms with van der Waals surface area (Å²) in [6.45, 7) is 18.9. The second-order valence-electron chi connectivity index (χ2n) is 13.7. The van der Waals surface area contributed by atoms with Crippen molar-refractivity contribution in [3.63, 3.8) is 0 Å². The highest BCUT2D eigenvalue weighted by molar-refractivity contribution is 6.74. The maximum absolute atomic E-state index is 12.4. The summed E-state index contributed by atoms with van der Waals surface area (Å²) in [6.07, 6.45) is 12.3. The van der Waals surface area contributed by atoms with Crippen LogP contribution >= 0.6 is 0 Å².